The van der Waals surface area contributed by atoms with Crippen LogP contribution in [-0.2, 0) is 6.42 Å². The van der Waals surface area contributed by atoms with Crippen LogP contribution in [0.15, 0.2) is 73.1 Å². The zero-order valence-corrected chi connectivity index (χ0v) is 26.3. The van der Waals surface area contributed by atoms with Gasteiger partial charge in [0.05, 0.1) is 0 Å². The summed E-state index contributed by atoms with van der Waals surface area (Å²) in [4.78, 5) is 5.53. The van der Waals surface area contributed by atoms with Crippen LogP contribution in [0.4, 0.5) is 0 Å². The number of nitrogens with zero attached hydrogens (tertiary/aromatic N) is 2. The molecule has 0 amide bonds. The third-order valence-electron chi connectivity index (χ3n) is 9.15. The highest BCUT2D eigenvalue weighted by molar-refractivity contribution is 5.30. The summed E-state index contributed by atoms with van der Waals surface area (Å²) in [6, 6.07) is 22.7. The molecule has 0 N–H and O–H groups in total. The Bertz CT molecular complexity index is 908. The van der Waals surface area contributed by atoms with Gasteiger partial charge in [-0.1, -0.05) is 165 Å². The maximum Gasteiger partial charge on any atom is 0.123 e. The van der Waals surface area contributed by atoms with E-state index in [2.05, 4.69) is 104 Å². The fraction of sp³-hybridized carbons (Fsp3) is 0.632. The van der Waals surface area contributed by atoms with E-state index in [1.165, 1.54) is 107 Å². The molecule has 2 aromatic rings. The number of hydrogen-bond acceptors (Lipinski definition) is 2. The van der Waals surface area contributed by atoms with Crippen LogP contribution in [0.5, 0.6) is 0 Å². The third kappa shape index (κ3) is 9.71. The molecule has 1 aliphatic rings. The van der Waals surface area contributed by atoms with Gasteiger partial charge in [0.2, 0.25) is 0 Å². The van der Waals surface area contributed by atoms with Crippen LogP contribution in [0.3, 0.4) is 0 Å². The van der Waals surface area contributed by atoms with Crippen molar-refractivity contribution in [2.24, 2.45) is 0 Å². The molecule has 0 saturated carbocycles. The van der Waals surface area contributed by atoms with Crippen molar-refractivity contribution in [3.63, 3.8) is 0 Å². The molecule has 222 valence electrons. The Kier molecular flexibility index (Phi) is 15.3. The van der Waals surface area contributed by atoms with Gasteiger partial charge < -0.3 is 9.80 Å². The van der Waals surface area contributed by atoms with E-state index in [0.29, 0.717) is 5.92 Å². The third-order valence-corrected chi connectivity index (χ3v) is 9.15. The van der Waals surface area contributed by atoms with E-state index >= 15 is 0 Å². The van der Waals surface area contributed by atoms with E-state index in [-0.39, 0.29) is 5.66 Å². The molecule has 0 saturated heterocycles. The van der Waals surface area contributed by atoms with E-state index < -0.39 is 0 Å². The molecule has 0 aromatic heterocycles. The van der Waals surface area contributed by atoms with Crippen LogP contribution in [0.25, 0.3) is 0 Å². The summed E-state index contributed by atoms with van der Waals surface area (Å²) in [5.41, 5.74) is 2.88. The standard InChI is InChI=1S/C38H60N2/c1-4-7-9-11-13-15-17-25-31-40-33-32-39(30-24-16-14-12-10-8-5-2)38(40,34-35-26-20-18-21-27-35)37(6-3)36-28-22-19-23-29-36/h18-23,26-29,32-33,37H,4-17,24-25,30-31,34H2,1-3H3. The number of rotatable bonds is 22. The Labute approximate surface area is 248 Å². The lowest BCUT2D eigenvalue weighted by atomic mass is 9.78. The summed E-state index contributed by atoms with van der Waals surface area (Å²) in [7, 11) is 0. The maximum absolute atomic E-state index is 2.76. The first kappa shape index (κ1) is 32.3. The first-order valence-corrected chi connectivity index (χ1v) is 17.1. The van der Waals surface area contributed by atoms with E-state index in [4.69, 9.17) is 0 Å². The second-order valence-corrected chi connectivity index (χ2v) is 12.2. The Morgan fingerprint density at radius 2 is 0.950 bits per heavy atom. The summed E-state index contributed by atoms with van der Waals surface area (Å²) in [5, 5.41) is 0. The van der Waals surface area contributed by atoms with Gasteiger partial charge in [-0.05, 0) is 30.4 Å². The molecular formula is C38H60N2. The van der Waals surface area contributed by atoms with Gasteiger partial charge in [-0.3, -0.25) is 0 Å². The Morgan fingerprint density at radius 3 is 1.40 bits per heavy atom. The number of benzene rings is 2. The summed E-state index contributed by atoms with van der Waals surface area (Å²) in [6.45, 7) is 9.32. The van der Waals surface area contributed by atoms with Crippen LogP contribution in [0, 0.1) is 0 Å². The summed E-state index contributed by atoms with van der Waals surface area (Å²) >= 11 is 0. The lowest BCUT2D eigenvalue weighted by molar-refractivity contribution is -0.00378. The quantitative estimate of drug-likeness (QED) is 0.136. The van der Waals surface area contributed by atoms with Gasteiger partial charge in [-0.25, -0.2) is 0 Å². The van der Waals surface area contributed by atoms with E-state index in [9.17, 15) is 0 Å². The van der Waals surface area contributed by atoms with Gasteiger partial charge in [0.15, 0.2) is 0 Å². The average molecular weight is 545 g/mol. The minimum absolute atomic E-state index is 0.0548. The monoisotopic (exact) mass is 544 g/mol. The Hall–Kier alpha value is -2.22. The fourth-order valence-corrected chi connectivity index (χ4v) is 6.91. The number of hydrogen-bond donors (Lipinski definition) is 0. The zero-order chi connectivity index (χ0) is 28.3. The molecule has 2 aromatic carbocycles. The minimum atomic E-state index is -0.0548. The normalized spacial score (nSPS) is 17.6. The van der Waals surface area contributed by atoms with Crippen molar-refractivity contribution in [3.8, 4) is 0 Å². The minimum Gasteiger partial charge on any atom is -0.353 e. The molecule has 1 heterocycles. The molecule has 0 spiro atoms. The first-order valence-electron chi connectivity index (χ1n) is 17.1. The van der Waals surface area contributed by atoms with Gasteiger partial charge in [-0.15, -0.1) is 0 Å². The molecule has 1 aliphatic heterocycles. The highest BCUT2D eigenvalue weighted by Gasteiger charge is 2.49. The Morgan fingerprint density at radius 1 is 0.525 bits per heavy atom. The van der Waals surface area contributed by atoms with Crippen LogP contribution < -0.4 is 0 Å². The van der Waals surface area contributed by atoms with Crippen LogP contribution in [0.1, 0.15) is 141 Å². The van der Waals surface area contributed by atoms with Gasteiger partial charge in [0.1, 0.15) is 5.66 Å². The predicted octanol–water partition coefficient (Wildman–Crippen LogP) is 11.1. The topological polar surface area (TPSA) is 6.48 Å². The molecule has 3 rings (SSSR count). The van der Waals surface area contributed by atoms with Gasteiger partial charge >= 0.3 is 0 Å². The first-order chi connectivity index (χ1) is 19.8. The molecule has 2 heteroatoms. The molecule has 0 bridgehead atoms. The highest BCUT2D eigenvalue weighted by atomic mass is 15.4. The largest absolute Gasteiger partial charge is 0.353 e. The molecule has 2 atom stereocenters. The summed E-state index contributed by atoms with van der Waals surface area (Å²) < 4.78 is 0. The number of unbranched alkanes of at least 4 members (excludes halogenated alkanes) is 13. The van der Waals surface area contributed by atoms with E-state index in [1.54, 1.807) is 0 Å². The fourth-order valence-electron chi connectivity index (χ4n) is 6.91. The van der Waals surface area contributed by atoms with Gasteiger partial charge in [0, 0.05) is 37.8 Å². The molecule has 2 nitrogen and oxygen atoms in total. The highest BCUT2D eigenvalue weighted by Crippen LogP contribution is 2.45. The lowest BCUT2D eigenvalue weighted by Crippen LogP contribution is -2.59. The van der Waals surface area contributed by atoms with Gasteiger partial charge in [0.25, 0.3) is 0 Å². The van der Waals surface area contributed by atoms with Crippen molar-refractivity contribution in [1.29, 1.82) is 0 Å². The van der Waals surface area contributed by atoms with E-state index in [1.807, 2.05) is 0 Å². The lowest BCUT2D eigenvalue weighted by Gasteiger charge is -2.51. The van der Waals surface area contributed by atoms with Crippen molar-refractivity contribution in [2.75, 3.05) is 13.1 Å². The molecular weight excluding hydrogens is 484 g/mol. The molecule has 40 heavy (non-hydrogen) atoms. The zero-order valence-electron chi connectivity index (χ0n) is 26.3. The van der Waals surface area contributed by atoms with Crippen molar-refractivity contribution in [3.05, 3.63) is 84.2 Å². The summed E-state index contributed by atoms with van der Waals surface area (Å²) in [6.07, 6.45) is 27.6. The van der Waals surface area contributed by atoms with Crippen molar-refractivity contribution < 1.29 is 0 Å². The van der Waals surface area contributed by atoms with E-state index in [0.717, 1.165) is 25.9 Å². The van der Waals surface area contributed by atoms with Crippen molar-refractivity contribution >= 4 is 0 Å². The average Bonchev–Trinajstić information content (AvgIpc) is 3.32. The predicted molar refractivity (Wildman–Crippen MR) is 176 cm³/mol. The second kappa shape index (κ2) is 19.0. The Balaban J connectivity index is 1.79. The molecule has 2 unspecified atom stereocenters. The molecule has 0 radical (unpaired) electrons. The van der Waals surface area contributed by atoms with Crippen LogP contribution in [0.2, 0.25) is 0 Å². The molecule has 0 aliphatic carbocycles. The van der Waals surface area contributed by atoms with Crippen LogP contribution in [-0.4, -0.2) is 28.6 Å². The van der Waals surface area contributed by atoms with Gasteiger partial charge in [-0.2, -0.15) is 0 Å². The molecule has 0 fully saturated rings. The van der Waals surface area contributed by atoms with Crippen molar-refractivity contribution in [2.45, 2.75) is 142 Å². The summed E-state index contributed by atoms with van der Waals surface area (Å²) in [5.74, 6) is 0.447. The van der Waals surface area contributed by atoms with Crippen LogP contribution >= 0.6 is 0 Å². The maximum atomic E-state index is 2.76. The smallest absolute Gasteiger partial charge is 0.123 e. The van der Waals surface area contributed by atoms with Crippen molar-refractivity contribution in [1.82, 2.24) is 9.80 Å². The second-order valence-electron chi connectivity index (χ2n) is 12.2. The SMILES string of the molecule is CCCCCCCCCCN1C=CN(CCCCCCCCC)C1(Cc1ccccc1)C(CC)c1ccccc1.